The molecular weight excluding hydrogens is 205 g/mol. The Balaban J connectivity index is 2.73. The molecule has 90 valence electrons. The second kappa shape index (κ2) is 4.50. The van der Waals surface area contributed by atoms with Crippen LogP contribution in [0.2, 0.25) is 0 Å². The van der Waals surface area contributed by atoms with Crippen LogP contribution in [0.25, 0.3) is 0 Å². The Hall–Kier alpha value is -0.960. The molecule has 1 N–H and O–H groups in total. The molecule has 0 saturated heterocycles. The van der Waals surface area contributed by atoms with Gasteiger partial charge in [0.15, 0.2) is 0 Å². The molecule has 0 aromatic carbocycles. The fourth-order valence-corrected chi connectivity index (χ4v) is 1.44. The number of rotatable bonds is 3. The van der Waals surface area contributed by atoms with Crippen molar-refractivity contribution in [2.24, 2.45) is 5.41 Å². The molecule has 1 aromatic heterocycles. The minimum atomic E-state index is -0.985. The second-order valence-corrected chi connectivity index (χ2v) is 5.70. The van der Waals surface area contributed by atoms with Crippen LogP contribution in [0.1, 0.15) is 46.2 Å². The predicted molar refractivity (Wildman–Crippen MR) is 62.5 cm³/mol. The maximum atomic E-state index is 12.7. The molecule has 1 rings (SSSR count). The molecule has 0 spiro atoms. The van der Waals surface area contributed by atoms with Gasteiger partial charge in [-0.1, -0.05) is 20.8 Å². The number of halogens is 1. The van der Waals surface area contributed by atoms with Crippen LogP contribution in [0.3, 0.4) is 0 Å². The zero-order valence-electron chi connectivity index (χ0n) is 10.4. The van der Waals surface area contributed by atoms with Crippen molar-refractivity contribution in [3.63, 3.8) is 0 Å². The summed E-state index contributed by atoms with van der Waals surface area (Å²) in [5, 5.41) is 10.3. The van der Waals surface area contributed by atoms with Gasteiger partial charge in [0.2, 0.25) is 0 Å². The van der Waals surface area contributed by atoms with Gasteiger partial charge in [0.1, 0.15) is 11.4 Å². The molecule has 0 fully saturated rings. The average Bonchev–Trinajstić information content (AvgIpc) is 2.15. The lowest BCUT2D eigenvalue weighted by Gasteiger charge is -2.27. The number of pyridine rings is 1. The lowest BCUT2D eigenvalue weighted by atomic mass is 9.84. The van der Waals surface area contributed by atoms with E-state index in [9.17, 15) is 9.50 Å². The number of aromatic nitrogens is 1. The van der Waals surface area contributed by atoms with Crippen molar-refractivity contribution in [3.05, 3.63) is 29.8 Å². The van der Waals surface area contributed by atoms with Crippen LogP contribution in [0.5, 0.6) is 0 Å². The third-order valence-electron chi connectivity index (χ3n) is 2.64. The predicted octanol–water partition coefficient (Wildman–Crippen LogP) is 3.25. The quantitative estimate of drug-likeness (QED) is 0.856. The zero-order chi connectivity index (χ0) is 12.4. The van der Waals surface area contributed by atoms with Crippen molar-refractivity contribution in [2.45, 2.75) is 46.1 Å². The van der Waals surface area contributed by atoms with Crippen molar-refractivity contribution in [3.8, 4) is 0 Å². The monoisotopic (exact) mass is 225 g/mol. The first-order chi connectivity index (χ1) is 7.21. The molecule has 1 aromatic rings. The summed E-state index contributed by atoms with van der Waals surface area (Å²) >= 11 is 0. The van der Waals surface area contributed by atoms with E-state index in [4.69, 9.17) is 0 Å². The first-order valence-corrected chi connectivity index (χ1v) is 5.55. The summed E-state index contributed by atoms with van der Waals surface area (Å²) in [4.78, 5) is 3.93. The summed E-state index contributed by atoms with van der Waals surface area (Å²) in [6.07, 6.45) is 2.65. The van der Waals surface area contributed by atoms with Crippen molar-refractivity contribution < 1.29 is 9.50 Å². The van der Waals surface area contributed by atoms with Gasteiger partial charge in [-0.15, -0.1) is 0 Å². The van der Waals surface area contributed by atoms with Crippen LogP contribution in [0, 0.1) is 11.2 Å². The van der Waals surface area contributed by atoms with Gasteiger partial charge < -0.3 is 5.11 Å². The van der Waals surface area contributed by atoms with E-state index < -0.39 is 5.60 Å². The van der Waals surface area contributed by atoms with Gasteiger partial charge in [-0.25, -0.2) is 4.39 Å². The molecule has 1 atom stereocenters. The molecule has 1 unspecified atom stereocenters. The Bertz CT molecular complexity index is 338. The Morgan fingerprint density at radius 3 is 2.25 bits per heavy atom. The van der Waals surface area contributed by atoms with E-state index in [1.165, 1.54) is 12.1 Å². The van der Waals surface area contributed by atoms with Crippen LogP contribution in [0.15, 0.2) is 18.3 Å². The molecule has 2 nitrogen and oxygen atoms in total. The number of nitrogens with zero attached hydrogens (tertiary/aromatic N) is 1. The minimum absolute atomic E-state index is 0.171. The summed E-state index contributed by atoms with van der Waals surface area (Å²) in [7, 11) is 0. The maximum absolute atomic E-state index is 12.7. The van der Waals surface area contributed by atoms with Crippen LogP contribution >= 0.6 is 0 Å². The van der Waals surface area contributed by atoms with E-state index in [1.807, 2.05) is 0 Å². The average molecular weight is 225 g/mol. The first kappa shape index (κ1) is 13.1. The molecular formula is C13H20FNO. The van der Waals surface area contributed by atoms with Crippen LogP contribution < -0.4 is 0 Å². The van der Waals surface area contributed by atoms with Crippen molar-refractivity contribution in [1.29, 1.82) is 0 Å². The number of aliphatic hydroxyl groups is 1. The third kappa shape index (κ3) is 3.89. The van der Waals surface area contributed by atoms with Gasteiger partial charge in [0.25, 0.3) is 0 Å². The summed E-state index contributed by atoms with van der Waals surface area (Å²) in [6.45, 7) is 8.10. The SMILES string of the molecule is CC(C)(C)CCC(C)(O)c1ccc(F)cn1. The molecule has 16 heavy (non-hydrogen) atoms. The molecule has 0 aliphatic heterocycles. The van der Waals surface area contributed by atoms with Gasteiger partial charge in [-0.3, -0.25) is 4.98 Å². The molecule has 1 heterocycles. The standard InChI is InChI=1S/C13H20FNO/c1-12(2,3)7-8-13(4,16)11-6-5-10(14)9-15-11/h5-6,9,16H,7-8H2,1-4H3. The molecule has 0 bridgehead atoms. The second-order valence-electron chi connectivity index (χ2n) is 5.70. The first-order valence-electron chi connectivity index (χ1n) is 5.55. The summed E-state index contributed by atoms with van der Waals surface area (Å²) < 4.78 is 12.7. The van der Waals surface area contributed by atoms with Gasteiger partial charge in [-0.05, 0) is 37.3 Å². The van der Waals surface area contributed by atoms with Gasteiger partial charge in [0.05, 0.1) is 11.9 Å². The van der Waals surface area contributed by atoms with Crippen molar-refractivity contribution in [1.82, 2.24) is 4.98 Å². The Morgan fingerprint density at radius 2 is 1.81 bits per heavy atom. The van der Waals surface area contributed by atoms with Crippen LogP contribution in [-0.4, -0.2) is 10.1 Å². The zero-order valence-corrected chi connectivity index (χ0v) is 10.4. The van der Waals surface area contributed by atoms with Gasteiger partial charge >= 0.3 is 0 Å². The molecule has 0 amide bonds. The lowest BCUT2D eigenvalue weighted by molar-refractivity contribution is 0.0315. The van der Waals surface area contributed by atoms with Gasteiger partial charge in [0, 0.05) is 0 Å². The molecule has 0 aliphatic rings. The van der Waals surface area contributed by atoms with E-state index >= 15 is 0 Å². The molecule has 0 radical (unpaired) electrons. The van der Waals surface area contributed by atoms with Gasteiger partial charge in [-0.2, -0.15) is 0 Å². The highest BCUT2D eigenvalue weighted by atomic mass is 19.1. The Morgan fingerprint density at radius 1 is 1.19 bits per heavy atom. The summed E-state index contributed by atoms with van der Waals surface area (Å²) in [5.41, 5.74) is -0.288. The summed E-state index contributed by atoms with van der Waals surface area (Å²) in [5.74, 6) is -0.379. The topological polar surface area (TPSA) is 33.1 Å². The van der Waals surface area contributed by atoms with Crippen LogP contribution in [0.4, 0.5) is 4.39 Å². The molecule has 0 aliphatic carbocycles. The Kier molecular flexibility index (Phi) is 3.68. The lowest BCUT2D eigenvalue weighted by Crippen LogP contribution is -2.24. The highest BCUT2D eigenvalue weighted by molar-refractivity contribution is 5.12. The van der Waals surface area contributed by atoms with Crippen molar-refractivity contribution >= 4 is 0 Å². The normalized spacial score (nSPS) is 15.9. The van der Waals surface area contributed by atoms with E-state index in [-0.39, 0.29) is 11.2 Å². The summed E-state index contributed by atoms with van der Waals surface area (Å²) in [6, 6.07) is 2.87. The largest absolute Gasteiger partial charge is 0.384 e. The van der Waals surface area contributed by atoms with Crippen LogP contribution in [-0.2, 0) is 5.60 Å². The van der Waals surface area contributed by atoms with E-state index in [0.717, 1.165) is 12.6 Å². The number of hydrogen-bond donors (Lipinski definition) is 1. The van der Waals surface area contributed by atoms with E-state index in [2.05, 4.69) is 25.8 Å². The minimum Gasteiger partial charge on any atom is -0.384 e. The highest BCUT2D eigenvalue weighted by Gasteiger charge is 2.26. The van der Waals surface area contributed by atoms with Crippen molar-refractivity contribution in [2.75, 3.05) is 0 Å². The van der Waals surface area contributed by atoms with E-state index in [1.54, 1.807) is 6.92 Å². The molecule has 0 saturated carbocycles. The Labute approximate surface area is 96.5 Å². The molecule has 3 heteroatoms. The maximum Gasteiger partial charge on any atom is 0.141 e. The highest BCUT2D eigenvalue weighted by Crippen LogP contribution is 2.30. The fraction of sp³-hybridized carbons (Fsp3) is 0.615. The number of hydrogen-bond acceptors (Lipinski definition) is 2. The smallest absolute Gasteiger partial charge is 0.141 e. The third-order valence-corrected chi connectivity index (χ3v) is 2.64. The van der Waals surface area contributed by atoms with E-state index in [0.29, 0.717) is 12.1 Å². The fourth-order valence-electron chi connectivity index (χ4n) is 1.44.